The van der Waals surface area contributed by atoms with Crippen molar-refractivity contribution < 1.29 is 4.79 Å². The fraction of sp³-hybridized carbons (Fsp3) is 0.611. The van der Waals surface area contributed by atoms with Gasteiger partial charge in [0.05, 0.1) is 11.6 Å². The van der Waals surface area contributed by atoms with Crippen LogP contribution in [0.1, 0.15) is 32.4 Å². The van der Waals surface area contributed by atoms with Crippen LogP contribution in [-0.4, -0.2) is 40.3 Å². The highest BCUT2D eigenvalue weighted by Crippen LogP contribution is 2.29. The smallest absolute Gasteiger partial charge is 0.224 e. The van der Waals surface area contributed by atoms with Crippen LogP contribution in [0.2, 0.25) is 0 Å². The molecule has 1 unspecified atom stereocenters. The maximum absolute atomic E-state index is 12.4. The zero-order valence-corrected chi connectivity index (χ0v) is 15.0. The zero-order chi connectivity index (χ0) is 17.3. The molecule has 1 atom stereocenters. The number of fused-ring (bicyclic) bond motifs is 1. The molecule has 1 N–H and O–H groups in total. The highest BCUT2D eigenvalue weighted by atomic mass is 16.1. The fourth-order valence-electron chi connectivity index (χ4n) is 3.45. The highest BCUT2D eigenvalue weighted by molar-refractivity contribution is 5.91. The van der Waals surface area contributed by atoms with Gasteiger partial charge in [0.2, 0.25) is 5.91 Å². The highest BCUT2D eigenvalue weighted by Gasteiger charge is 2.28. The number of rotatable bonds is 4. The third kappa shape index (κ3) is 3.23. The maximum Gasteiger partial charge on any atom is 0.224 e. The monoisotopic (exact) mass is 329 g/mol. The number of aryl methyl sites for hydroxylation is 2. The second-order valence-electron chi connectivity index (χ2n) is 7.16. The van der Waals surface area contributed by atoms with E-state index in [1.165, 1.54) is 0 Å². The van der Waals surface area contributed by atoms with Crippen molar-refractivity contribution in [3.63, 3.8) is 0 Å². The van der Waals surface area contributed by atoms with Gasteiger partial charge >= 0.3 is 0 Å². The Morgan fingerprint density at radius 1 is 1.46 bits per heavy atom. The number of nitrogens with one attached hydrogen (secondary N) is 1. The lowest BCUT2D eigenvalue weighted by Crippen LogP contribution is -2.44. The minimum atomic E-state index is 0.0314. The summed E-state index contributed by atoms with van der Waals surface area (Å²) in [4.78, 5) is 19.3. The first-order chi connectivity index (χ1) is 11.5. The van der Waals surface area contributed by atoms with Crippen LogP contribution >= 0.6 is 0 Å². The number of carbonyl (C=O) groups is 1. The molecule has 0 spiro atoms. The molecule has 6 nitrogen and oxygen atoms in total. The summed E-state index contributed by atoms with van der Waals surface area (Å²) >= 11 is 0. The number of amides is 1. The Morgan fingerprint density at radius 2 is 2.25 bits per heavy atom. The quantitative estimate of drug-likeness (QED) is 0.934. The summed E-state index contributed by atoms with van der Waals surface area (Å²) in [5.41, 5.74) is 2.07. The van der Waals surface area contributed by atoms with Crippen LogP contribution in [0.3, 0.4) is 0 Å². The average molecular weight is 329 g/mol. The molecule has 3 rings (SSSR count). The predicted molar refractivity (Wildman–Crippen MR) is 96.0 cm³/mol. The van der Waals surface area contributed by atoms with Gasteiger partial charge in [0.15, 0.2) is 5.82 Å². The van der Waals surface area contributed by atoms with E-state index in [9.17, 15) is 4.79 Å². The Kier molecular flexibility index (Phi) is 4.73. The summed E-state index contributed by atoms with van der Waals surface area (Å²) in [5.74, 6) is 1.61. The lowest BCUT2D eigenvalue weighted by Gasteiger charge is -2.33. The molecule has 1 amide bonds. The van der Waals surface area contributed by atoms with E-state index in [1.807, 2.05) is 30.9 Å². The van der Waals surface area contributed by atoms with E-state index in [1.54, 1.807) is 0 Å². The van der Waals surface area contributed by atoms with Crippen LogP contribution < -0.4 is 10.2 Å². The van der Waals surface area contributed by atoms with E-state index in [4.69, 9.17) is 0 Å². The number of piperidine rings is 1. The van der Waals surface area contributed by atoms with Crippen LogP contribution in [0.4, 0.5) is 5.82 Å². The van der Waals surface area contributed by atoms with E-state index in [0.717, 1.165) is 54.9 Å². The summed E-state index contributed by atoms with van der Waals surface area (Å²) in [5, 5.41) is 8.73. The predicted octanol–water partition coefficient (Wildman–Crippen LogP) is 2.27. The van der Waals surface area contributed by atoms with Crippen molar-refractivity contribution in [2.45, 2.75) is 33.6 Å². The topological polar surface area (TPSA) is 63.1 Å². The summed E-state index contributed by atoms with van der Waals surface area (Å²) in [6.07, 6.45) is 3.80. The number of pyridine rings is 1. The van der Waals surface area contributed by atoms with E-state index in [2.05, 4.69) is 34.1 Å². The van der Waals surface area contributed by atoms with Gasteiger partial charge in [-0.25, -0.2) is 4.98 Å². The van der Waals surface area contributed by atoms with Crippen molar-refractivity contribution in [2.24, 2.45) is 18.9 Å². The zero-order valence-electron chi connectivity index (χ0n) is 15.0. The largest absolute Gasteiger partial charge is 0.356 e. The van der Waals surface area contributed by atoms with Gasteiger partial charge in [0.25, 0.3) is 0 Å². The Morgan fingerprint density at radius 3 is 3.00 bits per heavy atom. The Hall–Kier alpha value is -2.11. The van der Waals surface area contributed by atoms with Crippen molar-refractivity contribution in [3.05, 3.63) is 18.0 Å². The first kappa shape index (κ1) is 16.7. The molecule has 2 aromatic rings. The second-order valence-corrected chi connectivity index (χ2v) is 7.16. The molecular formula is C18H27N5O. The van der Waals surface area contributed by atoms with Gasteiger partial charge in [0, 0.05) is 38.3 Å². The first-order valence-corrected chi connectivity index (χ1v) is 8.78. The first-order valence-electron chi connectivity index (χ1n) is 8.78. The van der Waals surface area contributed by atoms with Gasteiger partial charge < -0.3 is 10.2 Å². The number of aromatic nitrogens is 3. The van der Waals surface area contributed by atoms with Gasteiger partial charge in [-0.15, -0.1) is 0 Å². The number of hydrogen-bond donors (Lipinski definition) is 1. The molecule has 3 heterocycles. The van der Waals surface area contributed by atoms with Crippen LogP contribution in [0.5, 0.6) is 0 Å². The van der Waals surface area contributed by atoms with E-state index >= 15 is 0 Å². The maximum atomic E-state index is 12.4. The van der Waals surface area contributed by atoms with Crippen LogP contribution in [0, 0.1) is 18.8 Å². The summed E-state index contributed by atoms with van der Waals surface area (Å²) < 4.78 is 1.90. The van der Waals surface area contributed by atoms with Gasteiger partial charge in [-0.3, -0.25) is 9.48 Å². The van der Waals surface area contributed by atoms with E-state index in [0.29, 0.717) is 5.92 Å². The van der Waals surface area contributed by atoms with Crippen LogP contribution in [0.25, 0.3) is 10.9 Å². The lowest BCUT2D eigenvalue weighted by molar-refractivity contribution is -0.125. The number of nitrogens with zero attached hydrogens (tertiary/aromatic N) is 4. The molecular weight excluding hydrogens is 302 g/mol. The number of carbonyl (C=O) groups excluding carboxylic acids is 1. The molecule has 2 aromatic heterocycles. The van der Waals surface area contributed by atoms with E-state index < -0.39 is 0 Å². The Labute approximate surface area is 143 Å². The Bertz CT molecular complexity index is 736. The van der Waals surface area contributed by atoms with Crippen LogP contribution in [-0.2, 0) is 11.8 Å². The fourth-order valence-corrected chi connectivity index (χ4v) is 3.45. The van der Waals surface area contributed by atoms with E-state index in [-0.39, 0.29) is 11.8 Å². The standard InChI is InChI=1S/C18H27N5O/c1-12(2)10-20-18(24)14-6-5-9-23(11-14)17-16-15(7-8-19-17)13(3)21-22(16)4/h7-8,12,14H,5-6,9-11H2,1-4H3,(H,20,24). The molecule has 130 valence electrons. The van der Waals surface area contributed by atoms with Crippen molar-refractivity contribution in [2.75, 3.05) is 24.5 Å². The third-order valence-corrected chi connectivity index (χ3v) is 4.69. The van der Waals surface area contributed by atoms with Crippen molar-refractivity contribution in [1.29, 1.82) is 0 Å². The molecule has 6 heteroatoms. The second kappa shape index (κ2) is 6.79. The number of anilines is 1. The van der Waals surface area contributed by atoms with Gasteiger partial charge in [-0.05, 0) is 31.7 Å². The van der Waals surface area contributed by atoms with Gasteiger partial charge in [0.1, 0.15) is 5.52 Å². The van der Waals surface area contributed by atoms with Gasteiger partial charge in [-0.1, -0.05) is 13.8 Å². The molecule has 1 aliphatic heterocycles. The molecule has 24 heavy (non-hydrogen) atoms. The van der Waals surface area contributed by atoms with Crippen LogP contribution in [0.15, 0.2) is 12.3 Å². The molecule has 0 aliphatic carbocycles. The normalized spacial score (nSPS) is 18.4. The molecule has 1 aliphatic rings. The lowest BCUT2D eigenvalue weighted by atomic mass is 9.96. The molecule has 0 aromatic carbocycles. The summed E-state index contributed by atoms with van der Waals surface area (Å²) in [7, 11) is 1.96. The molecule has 0 radical (unpaired) electrons. The Balaban J connectivity index is 1.81. The molecule has 1 saturated heterocycles. The molecule has 0 bridgehead atoms. The number of hydrogen-bond acceptors (Lipinski definition) is 4. The third-order valence-electron chi connectivity index (χ3n) is 4.69. The van der Waals surface area contributed by atoms with Crippen molar-refractivity contribution in [3.8, 4) is 0 Å². The average Bonchev–Trinajstić information content (AvgIpc) is 2.87. The summed E-state index contributed by atoms with van der Waals surface area (Å²) in [6, 6.07) is 2.01. The van der Waals surface area contributed by atoms with Gasteiger partial charge in [-0.2, -0.15) is 5.10 Å². The van der Waals surface area contributed by atoms with Crippen molar-refractivity contribution >= 4 is 22.6 Å². The molecule has 1 fully saturated rings. The minimum absolute atomic E-state index is 0.0314. The van der Waals surface area contributed by atoms with Crippen molar-refractivity contribution in [1.82, 2.24) is 20.1 Å². The molecule has 0 saturated carbocycles. The SMILES string of the molecule is Cc1nn(C)c2c(N3CCCC(C(=O)NCC(C)C)C3)nccc12. The minimum Gasteiger partial charge on any atom is -0.356 e. The summed E-state index contributed by atoms with van der Waals surface area (Å²) in [6.45, 7) is 8.64.